The van der Waals surface area contributed by atoms with E-state index in [-0.39, 0.29) is 41.8 Å². The minimum absolute atomic E-state index is 0.0533. The van der Waals surface area contributed by atoms with Gasteiger partial charge in [0, 0.05) is 51.0 Å². The van der Waals surface area contributed by atoms with Crippen molar-refractivity contribution in [2.24, 2.45) is 0 Å². The van der Waals surface area contributed by atoms with Gasteiger partial charge in [0.2, 0.25) is 27.9 Å². The maximum absolute atomic E-state index is 14.2. The first kappa shape index (κ1) is 25.3. The molecule has 3 aromatic rings. The number of methoxy groups -OCH3 is 1. The van der Waals surface area contributed by atoms with Crippen LogP contribution in [0.2, 0.25) is 0 Å². The van der Waals surface area contributed by atoms with E-state index < -0.39 is 22.3 Å². The number of piperazine rings is 1. The highest BCUT2D eigenvalue weighted by Crippen LogP contribution is 2.34. The average Bonchev–Trinajstić information content (AvgIpc) is 3.28. The van der Waals surface area contributed by atoms with Gasteiger partial charge in [-0.25, -0.2) is 22.2 Å². The van der Waals surface area contributed by atoms with Crippen LogP contribution in [0.15, 0.2) is 12.1 Å². The molecule has 0 radical (unpaired) electrons. The topological polar surface area (TPSA) is 145 Å². The number of aromatic nitrogens is 5. The molecule has 2 saturated heterocycles. The van der Waals surface area contributed by atoms with Gasteiger partial charge < -0.3 is 25.0 Å². The Balaban J connectivity index is 1.65. The van der Waals surface area contributed by atoms with Crippen LogP contribution in [0.4, 0.5) is 26.4 Å². The van der Waals surface area contributed by atoms with Crippen molar-refractivity contribution in [1.29, 1.82) is 0 Å². The summed E-state index contributed by atoms with van der Waals surface area (Å²) in [6.07, 6.45) is -1.78. The molecule has 13 nitrogen and oxygen atoms in total. The zero-order chi connectivity index (χ0) is 26.3. The molecular formula is C21H27F2N9O4S. The summed E-state index contributed by atoms with van der Waals surface area (Å²) in [6.45, 7) is 3.10. The minimum atomic E-state index is -3.34. The van der Waals surface area contributed by atoms with Crippen LogP contribution in [0.3, 0.4) is 0 Å². The molecule has 0 aliphatic carbocycles. The second-order valence-electron chi connectivity index (χ2n) is 8.68. The second-order valence-corrected chi connectivity index (χ2v) is 10.7. The first-order valence-electron chi connectivity index (χ1n) is 11.6. The standard InChI is InChI=1S/C21H27F2N9O4S/c1-35-15-12-13(24)11-14-16(15)25-18(17(22)23)32(14)21-27-19(26-20(28-21)30-7-9-36-10-8-30)29-3-5-31(6-4-29)37(2,33)34/h11-12,17H,3-10,24H2,1-2H3. The Morgan fingerprint density at radius 1 is 0.946 bits per heavy atom. The third-order valence-electron chi connectivity index (χ3n) is 6.27. The molecule has 0 spiro atoms. The fourth-order valence-electron chi connectivity index (χ4n) is 4.41. The molecule has 0 bridgehead atoms. The van der Waals surface area contributed by atoms with Crippen molar-refractivity contribution in [3.05, 3.63) is 18.0 Å². The molecule has 2 N–H and O–H groups in total. The predicted molar refractivity (Wildman–Crippen MR) is 132 cm³/mol. The number of nitrogen functional groups attached to an aromatic ring is 1. The number of halogens is 2. The van der Waals surface area contributed by atoms with E-state index in [1.54, 1.807) is 0 Å². The maximum Gasteiger partial charge on any atom is 0.296 e. The zero-order valence-electron chi connectivity index (χ0n) is 20.3. The van der Waals surface area contributed by atoms with Gasteiger partial charge in [0.15, 0.2) is 5.82 Å². The molecule has 200 valence electrons. The van der Waals surface area contributed by atoms with Gasteiger partial charge in [-0.15, -0.1) is 0 Å². The number of hydrogen-bond acceptors (Lipinski definition) is 11. The van der Waals surface area contributed by atoms with E-state index in [1.165, 1.54) is 28.1 Å². The lowest BCUT2D eigenvalue weighted by molar-refractivity contribution is 0.122. The van der Waals surface area contributed by atoms with E-state index in [1.807, 2.05) is 9.80 Å². The van der Waals surface area contributed by atoms with Crippen molar-refractivity contribution in [2.75, 3.05) is 81.4 Å². The molecule has 2 aliphatic heterocycles. The molecule has 5 rings (SSSR count). The zero-order valence-corrected chi connectivity index (χ0v) is 21.2. The molecule has 2 aliphatic rings. The largest absolute Gasteiger partial charge is 0.494 e. The molecule has 2 fully saturated rings. The predicted octanol–water partition coefficient (Wildman–Crippen LogP) is 0.657. The SMILES string of the molecule is COc1cc(N)cc2c1nc(C(F)F)n2-c1nc(N2CCOCC2)nc(N2CCN(S(C)(=O)=O)CC2)n1. The van der Waals surface area contributed by atoms with Crippen LogP contribution in [-0.2, 0) is 14.8 Å². The van der Waals surface area contributed by atoms with E-state index in [0.717, 1.165) is 6.26 Å². The van der Waals surface area contributed by atoms with Crippen molar-refractivity contribution in [3.8, 4) is 11.7 Å². The third kappa shape index (κ3) is 4.95. The molecule has 37 heavy (non-hydrogen) atoms. The van der Waals surface area contributed by atoms with Gasteiger partial charge in [-0.3, -0.25) is 4.57 Å². The number of alkyl halides is 2. The quantitative estimate of drug-likeness (QED) is 0.441. The van der Waals surface area contributed by atoms with E-state index in [9.17, 15) is 17.2 Å². The van der Waals surface area contributed by atoms with Gasteiger partial charge in [0.1, 0.15) is 11.3 Å². The number of ether oxygens (including phenoxy) is 2. The van der Waals surface area contributed by atoms with Gasteiger partial charge in [-0.05, 0) is 6.07 Å². The van der Waals surface area contributed by atoms with Crippen LogP contribution in [0.1, 0.15) is 12.2 Å². The van der Waals surface area contributed by atoms with Crippen LogP contribution in [0.25, 0.3) is 17.0 Å². The van der Waals surface area contributed by atoms with Crippen molar-refractivity contribution in [3.63, 3.8) is 0 Å². The van der Waals surface area contributed by atoms with Gasteiger partial charge in [0.25, 0.3) is 6.43 Å². The molecule has 16 heteroatoms. The first-order valence-corrected chi connectivity index (χ1v) is 13.4. The molecule has 0 unspecified atom stereocenters. The minimum Gasteiger partial charge on any atom is -0.494 e. The summed E-state index contributed by atoms with van der Waals surface area (Å²) in [7, 11) is -1.93. The highest BCUT2D eigenvalue weighted by Gasteiger charge is 2.29. The Morgan fingerprint density at radius 3 is 2.11 bits per heavy atom. The summed E-state index contributed by atoms with van der Waals surface area (Å²) < 4.78 is 65.7. The number of hydrogen-bond donors (Lipinski definition) is 1. The van der Waals surface area contributed by atoms with E-state index >= 15 is 0 Å². The second kappa shape index (κ2) is 9.83. The third-order valence-corrected chi connectivity index (χ3v) is 7.58. The molecule has 2 aromatic heterocycles. The summed E-state index contributed by atoms with van der Waals surface area (Å²) in [5.41, 5.74) is 6.79. The van der Waals surface area contributed by atoms with Gasteiger partial charge in [-0.2, -0.15) is 19.3 Å². The van der Waals surface area contributed by atoms with Gasteiger partial charge in [0.05, 0.1) is 32.1 Å². The summed E-state index contributed by atoms with van der Waals surface area (Å²) in [5.74, 6) is 0.174. The Labute approximate surface area is 211 Å². The van der Waals surface area contributed by atoms with Crippen LogP contribution in [0, 0.1) is 0 Å². The highest BCUT2D eigenvalue weighted by molar-refractivity contribution is 7.88. The monoisotopic (exact) mass is 539 g/mol. The Kier molecular flexibility index (Phi) is 6.72. The molecular weight excluding hydrogens is 512 g/mol. The fraction of sp³-hybridized carbons (Fsp3) is 0.524. The molecule has 1 aromatic carbocycles. The van der Waals surface area contributed by atoms with E-state index in [0.29, 0.717) is 51.0 Å². The Hall–Kier alpha value is -3.37. The van der Waals surface area contributed by atoms with Crippen molar-refractivity contribution in [1.82, 2.24) is 28.8 Å². The summed E-state index contributed by atoms with van der Waals surface area (Å²) in [6, 6.07) is 3.02. The number of benzene rings is 1. The van der Waals surface area contributed by atoms with Crippen LogP contribution in [0.5, 0.6) is 5.75 Å². The molecule has 4 heterocycles. The fourth-order valence-corrected chi connectivity index (χ4v) is 5.23. The lowest BCUT2D eigenvalue weighted by Gasteiger charge is -2.34. The number of nitrogens with two attached hydrogens (primary N) is 1. The lowest BCUT2D eigenvalue weighted by Crippen LogP contribution is -2.49. The summed E-state index contributed by atoms with van der Waals surface area (Å²) in [4.78, 5) is 21.6. The number of fused-ring (bicyclic) bond motifs is 1. The smallest absolute Gasteiger partial charge is 0.296 e. The molecule has 0 saturated carbocycles. The van der Waals surface area contributed by atoms with Gasteiger partial charge in [-0.1, -0.05) is 0 Å². The summed E-state index contributed by atoms with van der Waals surface area (Å²) in [5, 5.41) is 0. The number of morpholine rings is 1. The van der Waals surface area contributed by atoms with Crippen molar-refractivity contribution >= 4 is 38.6 Å². The molecule has 0 amide bonds. The summed E-state index contributed by atoms with van der Waals surface area (Å²) >= 11 is 0. The Morgan fingerprint density at radius 2 is 1.54 bits per heavy atom. The maximum atomic E-state index is 14.2. The number of sulfonamides is 1. The van der Waals surface area contributed by atoms with E-state index in [2.05, 4.69) is 19.9 Å². The Bertz CT molecular complexity index is 1400. The van der Waals surface area contributed by atoms with E-state index in [4.69, 9.17) is 15.2 Å². The van der Waals surface area contributed by atoms with Crippen molar-refractivity contribution in [2.45, 2.75) is 6.43 Å². The molecule has 0 atom stereocenters. The highest BCUT2D eigenvalue weighted by atomic mass is 32.2. The van der Waals surface area contributed by atoms with Crippen molar-refractivity contribution < 1.29 is 26.7 Å². The van der Waals surface area contributed by atoms with Gasteiger partial charge >= 0.3 is 0 Å². The number of anilines is 3. The normalized spacial score (nSPS) is 17.6. The average molecular weight is 540 g/mol. The number of imidazole rings is 1. The van der Waals surface area contributed by atoms with Crippen LogP contribution < -0.4 is 20.3 Å². The van der Waals surface area contributed by atoms with Crippen LogP contribution >= 0.6 is 0 Å². The number of nitrogens with zero attached hydrogens (tertiary/aromatic N) is 8. The van der Waals surface area contributed by atoms with Crippen LogP contribution in [-0.4, -0.2) is 103 Å². The first-order chi connectivity index (χ1) is 17.7. The number of rotatable bonds is 6. The lowest BCUT2D eigenvalue weighted by atomic mass is 10.2.